The van der Waals surface area contributed by atoms with Gasteiger partial charge in [0.2, 0.25) is 5.78 Å². The van der Waals surface area contributed by atoms with Gasteiger partial charge in [0.15, 0.2) is 5.78 Å². The molecule has 1 aromatic carbocycles. The van der Waals surface area contributed by atoms with Crippen LogP contribution >= 0.6 is 0 Å². The number of halogens is 1. The molecular weight excluding hydrogens is 277 g/mol. The van der Waals surface area contributed by atoms with Gasteiger partial charge >= 0.3 is 5.97 Å². The van der Waals surface area contributed by atoms with Gasteiger partial charge in [0.1, 0.15) is 5.82 Å². The number of aliphatic carboxylic acids is 1. The summed E-state index contributed by atoms with van der Waals surface area (Å²) < 4.78 is 12.8. The zero-order valence-electron chi connectivity index (χ0n) is 10.9. The number of ketones is 2. The first-order chi connectivity index (χ1) is 9.95. The van der Waals surface area contributed by atoms with Gasteiger partial charge in [-0.3, -0.25) is 9.59 Å². The van der Waals surface area contributed by atoms with Crippen LogP contribution in [0.5, 0.6) is 0 Å². The van der Waals surface area contributed by atoms with E-state index in [1.165, 1.54) is 18.2 Å². The molecule has 0 aliphatic heterocycles. The molecule has 1 aromatic heterocycles. The van der Waals surface area contributed by atoms with E-state index < -0.39 is 24.0 Å². The van der Waals surface area contributed by atoms with Crippen LogP contribution in [0.1, 0.15) is 28.2 Å². The van der Waals surface area contributed by atoms with Gasteiger partial charge in [-0.25, -0.2) is 9.18 Å². The predicted octanol–water partition coefficient (Wildman–Crippen LogP) is 1.97. The number of Topliss-reactive ketones (excluding diaryl/α,β-unsaturated/α-hetero) is 2. The Kier molecular flexibility index (Phi) is 4.27. The van der Waals surface area contributed by atoms with Crippen molar-refractivity contribution in [2.75, 3.05) is 0 Å². The van der Waals surface area contributed by atoms with Crippen molar-refractivity contribution in [1.29, 1.82) is 0 Å². The number of rotatable bonds is 6. The molecule has 0 spiro atoms. The number of carbonyl (C=O) groups is 3. The maximum Gasteiger partial charge on any atom is 0.372 e. The highest BCUT2D eigenvalue weighted by Gasteiger charge is 2.18. The fourth-order valence-corrected chi connectivity index (χ4v) is 1.84. The molecule has 6 heteroatoms. The molecule has 5 nitrogen and oxygen atoms in total. The molecule has 2 aromatic rings. The normalized spacial score (nSPS) is 10.3. The Balaban J connectivity index is 2.04. The van der Waals surface area contributed by atoms with Crippen molar-refractivity contribution in [3.05, 3.63) is 59.2 Å². The molecule has 0 atom stereocenters. The van der Waals surface area contributed by atoms with E-state index >= 15 is 0 Å². The minimum Gasteiger partial charge on any atom is -0.475 e. The highest BCUT2D eigenvalue weighted by atomic mass is 19.1. The first kappa shape index (κ1) is 14.6. The number of carboxylic acids is 1. The standard InChI is InChI=1S/C15H12FNO4/c16-10-3-1-9(2-4-10)7-11-5-6-12(17-11)13(18)8-14(19)15(20)21/h1-6,17H,7-8H2,(H,20,21). The minimum atomic E-state index is -1.62. The van der Waals surface area contributed by atoms with Crippen molar-refractivity contribution in [2.45, 2.75) is 12.8 Å². The molecular formula is C15H12FNO4. The van der Waals surface area contributed by atoms with Crippen LogP contribution in [0.2, 0.25) is 0 Å². The van der Waals surface area contributed by atoms with E-state index in [0.29, 0.717) is 12.1 Å². The van der Waals surface area contributed by atoms with Gasteiger partial charge in [0.25, 0.3) is 0 Å². The zero-order valence-corrected chi connectivity index (χ0v) is 10.9. The smallest absolute Gasteiger partial charge is 0.372 e. The number of carboxylic acid groups (broad SMARTS) is 1. The predicted molar refractivity (Wildman–Crippen MR) is 71.6 cm³/mol. The van der Waals surface area contributed by atoms with Gasteiger partial charge in [0.05, 0.1) is 12.1 Å². The fourth-order valence-electron chi connectivity index (χ4n) is 1.84. The Morgan fingerprint density at radius 1 is 1.05 bits per heavy atom. The molecule has 0 bridgehead atoms. The van der Waals surface area contributed by atoms with Crippen molar-refractivity contribution >= 4 is 17.5 Å². The second-order valence-corrected chi connectivity index (χ2v) is 4.53. The lowest BCUT2D eigenvalue weighted by Crippen LogP contribution is -2.17. The minimum absolute atomic E-state index is 0.182. The number of hydrogen-bond donors (Lipinski definition) is 2. The molecule has 0 unspecified atom stereocenters. The lowest BCUT2D eigenvalue weighted by Gasteiger charge is -1.99. The second kappa shape index (κ2) is 6.13. The molecule has 0 fully saturated rings. The summed E-state index contributed by atoms with van der Waals surface area (Å²) in [6, 6.07) is 9.11. The van der Waals surface area contributed by atoms with E-state index in [2.05, 4.69) is 4.98 Å². The summed E-state index contributed by atoms with van der Waals surface area (Å²) in [5.74, 6) is -3.67. The van der Waals surface area contributed by atoms with Gasteiger partial charge in [0, 0.05) is 12.1 Å². The van der Waals surface area contributed by atoms with Crippen LogP contribution in [0.25, 0.3) is 0 Å². The third-order valence-corrected chi connectivity index (χ3v) is 2.91. The second-order valence-electron chi connectivity index (χ2n) is 4.53. The van der Waals surface area contributed by atoms with Crippen molar-refractivity contribution in [2.24, 2.45) is 0 Å². The van der Waals surface area contributed by atoms with Gasteiger partial charge in [-0.1, -0.05) is 12.1 Å². The van der Waals surface area contributed by atoms with Crippen molar-refractivity contribution in [3.8, 4) is 0 Å². The van der Waals surface area contributed by atoms with Crippen LogP contribution in [0.15, 0.2) is 36.4 Å². The number of hydrogen-bond acceptors (Lipinski definition) is 3. The highest BCUT2D eigenvalue weighted by Crippen LogP contribution is 2.11. The summed E-state index contributed by atoms with van der Waals surface area (Å²) in [5.41, 5.74) is 1.76. The number of H-pyrrole nitrogens is 1. The summed E-state index contributed by atoms with van der Waals surface area (Å²) in [4.78, 5) is 35.9. The summed E-state index contributed by atoms with van der Waals surface area (Å²) in [5, 5.41) is 8.46. The Labute approximate surface area is 119 Å². The van der Waals surface area contributed by atoms with Crippen molar-refractivity contribution < 1.29 is 23.9 Å². The maximum atomic E-state index is 12.8. The molecule has 108 valence electrons. The Hall–Kier alpha value is -2.76. The molecule has 0 aliphatic carbocycles. The molecule has 0 aliphatic rings. The van der Waals surface area contributed by atoms with E-state index in [0.717, 1.165) is 5.56 Å². The van der Waals surface area contributed by atoms with Gasteiger partial charge < -0.3 is 10.1 Å². The summed E-state index contributed by atoms with van der Waals surface area (Å²) in [6.07, 6.45) is -0.202. The maximum absolute atomic E-state index is 12.8. The zero-order chi connectivity index (χ0) is 15.4. The molecule has 0 saturated carbocycles. The summed E-state index contributed by atoms with van der Waals surface area (Å²) in [6.45, 7) is 0. The third kappa shape index (κ3) is 3.85. The van der Waals surface area contributed by atoms with Crippen LogP contribution in [-0.2, 0) is 16.0 Å². The average molecular weight is 289 g/mol. The van der Waals surface area contributed by atoms with E-state index in [1.807, 2.05) is 0 Å². The van der Waals surface area contributed by atoms with E-state index in [1.54, 1.807) is 18.2 Å². The molecule has 2 N–H and O–H groups in total. The summed E-state index contributed by atoms with van der Waals surface area (Å²) >= 11 is 0. The van der Waals surface area contributed by atoms with E-state index in [9.17, 15) is 18.8 Å². The SMILES string of the molecule is O=C(O)C(=O)CC(=O)c1ccc(Cc2ccc(F)cc2)[nH]1. The number of aromatic nitrogens is 1. The molecule has 21 heavy (non-hydrogen) atoms. The highest BCUT2D eigenvalue weighted by molar-refractivity contribution is 6.37. The lowest BCUT2D eigenvalue weighted by molar-refractivity contribution is -0.148. The van der Waals surface area contributed by atoms with Crippen molar-refractivity contribution in [1.82, 2.24) is 4.98 Å². The largest absolute Gasteiger partial charge is 0.475 e. The topological polar surface area (TPSA) is 87.2 Å². The third-order valence-electron chi connectivity index (χ3n) is 2.91. The average Bonchev–Trinajstić information content (AvgIpc) is 2.90. The number of benzene rings is 1. The Bertz CT molecular complexity index is 688. The molecule has 0 amide bonds. The fraction of sp³-hybridized carbons (Fsp3) is 0.133. The van der Waals surface area contributed by atoms with Gasteiger partial charge in [-0.2, -0.15) is 0 Å². The molecule has 2 rings (SSSR count). The molecule has 1 heterocycles. The van der Waals surface area contributed by atoms with Crippen LogP contribution in [0.4, 0.5) is 4.39 Å². The number of aromatic amines is 1. The lowest BCUT2D eigenvalue weighted by atomic mass is 10.1. The van der Waals surface area contributed by atoms with Gasteiger partial charge in [-0.05, 0) is 29.8 Å². The first-order valence-electron chi connectivity index (χ1n) is 6.17. The Morgan fingerprint density at radius 3 is 2.33 bits per heavy atom. The Morgan fingerprint density at radius 2 is 1.71 bits per heavy atom. The number of carbonyl (C=O) groups excluding carboxylic acids is 2. The number of nitrogens with one attached hydrogen (secondary N) is 1. The van der Waals surface area contributed by atoms with Crippen LogP contribution in [0.3, 0.4) is 0 Å². The molecule has 0 saturated heterocycles. The quantitative estimate of drug-likeness (QED) is 0.483. The van der Waals surface area contributed by atoms with Crippen molar-refractivity contribution in [3.63, 3.8) is 0 Å². The van der Waals surface area contributed by atoms with E-state index in [-0.39, 0.29) is 11.5 Å². The summed E-state index contributed by atoms with van der Waals surface area (Å²) in [7, 11) is 0. The van der Waals surface area contributed by atoms with Crippen LogP contribution in [-0.4, -0.2) is 27.6 Å². The van der Waals surface area contributed by atoms with Crippen LogP contribution in [0, 0.1) is 5.82 Å². The molecule has 0 radical (unpaired) electrons. The van der Waals surface area contributed by atoms with E-state index in [4.69, 9.17) is 5.11 Å². The van der Waals surface area contributed by atoms with Crippen LogP contribution < -0.4 is 0 Å². The first-order valence-corrected chi connectivity index (χ1v) is 6.17. The van der Waals surface area contributed by atoms with Gasteiger partial charge in [-0.15, -0.1) is 0 Å². The monoisotopic (exact) mass is 289 g/mol.